The first-order chi connectivity index (χ1) is 5.01. The number of carbonyl (C=O) groups is 3. The first-order valence-corrected chi connectivity index (χ1v) is 3.63. The van der Waals surface area contributed by atoms with Crippen LogP contribution in [0.1, 0.15) is 26.7 Å². The number of rotatable bonds is 1. The Hall–Kier alpha value is -0.990. The molecule has 0 aliphatic heterocycles. The van der Waals surface area contributed by atoms with Crippen LogP contribution in [-0.2, 0) is 14.4 Å². The van der Waals surface area contributed by atoms with Crippen molar-refractivity contribution in [2.24, 2.45) is 5.41 Å². The van der Waals surface area contributed by atoms with Gasteiger partial charge < -0.3 is 0 Å². The van der Waals surface area contributed by atoms with E-state index in [0.717, 1.165) is 0 Å². The molecule has 0 spiro atoms. The molecule has 0 bridgehead atoms. The van der Waals surface area contributed by atoms with Gasteiger partial charge in [0.05, 0.1) is 0 Å². The second kappa shape index (κ2) is 2.26. The van der Waals surface area contributed by atoms with Crippen LogP contribution < -0.4 is 0 Å². The van der Waals surface area contributed by atoms with Crippen LogP contribution in [0.25, 0.3) is 0 Å². The highest BCUT2D eigenvalue weighted by atomic mass is 16.2. The van der Waals surface area contributed by atoms with Crippen LogP contribution >= 0.6 is 0 Å². The fraction of sp³-hybridized carbons (Fsp3) is 0.625. The molecule has 0 aromatic rings. The Morgan fingerprint density at radius 3 is 2.09 bits per heavy atom. The summed E-state index contributed by atoms with van der Waals surface area (Å²) < 4.78 is 0. The van der Waals surface area contributed by atoms with Crippen molar-refractivity contribution in [2.75, 3.05) is 0 Å². The normalized spacial score (nSPS) is 31.6. The maximum Gasteiger partial charge on any atom is 0.264 e. The molecular formula is C8H10O3. The van der Waals surface area contributed by atoms with Crippen LogP contribution in [-0.4, -0.2) is 17.3 Å². The topological polar surface area (TPSA) is 51.2 Å². The summed E-state index contributed by atoms with van der Waals surface area (Å²) in [6.45, 7) is 3.47. The van der Waals surface area contributed by atoms with Crippen molar-refractivity contribution in [3.05, 3.63) is 0 Å². The van der Waals surface area contributed by atoms with Gasteiger partial charge in [-0.2, -0.15) is 0 Å². The van der Waals surface area contributed by atoms with Crippen LogP contribution in [0.3, 0.4) is 0 Å². The maximum atomic E-state index is 11.1. The minimum absolute atomic E-state index is 0.0984. The van der Waals surface area contributed by atoms with E-state index in [1.807, 2.05) is 6.92 Å². The summed E-state index contributed by atoms with van der Waals surface area (Å²) in [5.41, 5.74) is -0.700. The standard InChI is InChI=1S/C8H10O3/c1-3-8(2)4-5(9)6(10)7(8)11/h3-4H2,1-2H3. The van der Waals surface area contributed by atoms with Crippen LogP contribution in [0.15, 0.2) is 0 Å². The minimum Gasteiger partial charge on any atom is -0.290 e. The average molecular weight is 154 g/mol. The molecular weight excluding hydrogens is 144 g/mol. The van der Waals surface area contributed by atoms with E-state index < -0.39 is 22.8 Å². The van der Waals surface area contributed by atoms with E-state index in [9.17, 15) is 14.4 Å². The molecule has 0 N–H and O–H groups in total. The molecule has 11 heavy (non-hydrogen) atoms. The molecule has 1 fully saturated rings. The molecule has 1 aliphatic rings. The Kier molecular flexibility index (Phi) is 1.66. The van der Waals surface area contributed by atoms with E-state index in [0.29, 0.717) is 6.42 Å². The van der Waals surface area contributed by atoms with E-state index in [4.69, 9.17) is 0 Å². The smallest absolute Gasteiger partial charge is 0.264 e. The molecule has 0 aromatic carbocycles. The fourth-order valence-electron chi connectivity index (χ4n) is 1.20. The first-order valence-electron chi connectivity index (χ1n) is 3.63. The number of Topliss-reactive ketones (excluding diaryl/α,β-unsaturated/α-hetero) is 3. The molecule has 0 amide bonds. The van der Waals surface area contributed by atoms with Gasteiger partial charge in [-0.1, -0.05) is 13.8 Å². The fourth-order valence-corrected chi connectivity index (χ4v) is 1.20. The van der Waals surface area contributed by atoms with Gasteiger partial charge in [-0.15, -0.1) is 0 Å². The Morgan fingerprint density at radius 2 is 1.91 bits per heavy atom. The Balaban J connectivity index is 3.00. The Labute approximate surface area is 64.8 Å². The zero-order valence-corrected chi connectivity index (χ0v) is 6.64. The van der Waals surface area contributed by atoms with Crippen molar-refractivity contribution >= 4 is 17.3 Å². The molecule has 1 unspecified atom stereocenters. The van der Waals surface area contributed by atoms with Crippen molar-refractivity contribution < 1.29 is 14.4 Å². The molecule has 0 heterocycles. The van der Waals surface area contributed by atoms with E-state index in [-0.39, 0.29) is 6.42 Å². The summed E-state index contributed by atoms with van der Waals surface area (Å²) in [5.74, 6) is -1.85. The van der Waals surface area contributed by atoms with Crippen LogP contribution in [0.2, 0.25) is 0 Å². The summed E-state index contributed by atoms with van der Waals surface area (Å²) in [4.78, 5) is 32.7. The first kappa shape index (κ1) is 8.11. The number of hydrogen-bond donors (Lipinski definition) is 0. The number of hydrogen-bond acceptors (Lipinski definition) is 3. The molecule has 0 aromatic heterocycles. The van der Waals surface area contributed by atoms with Gasteiger partial charge in [-0.05, 0) is 6.42 Å². The predicted molar refractivity (Wildman–Crippen MR) is 38.0 cm³/mol. The molecule has 0 radical (unpaired) electrons. The molecule has 1 saturated carbocycles. The number of ketones is 3. The van der Waals surface area contributed by atoms with Gasteiger partial charge in [0.2, 0.25) is 11.6 Å². The Morgan fingerprint density at radius 1 is 1.36 bits per heavy atom. The lowest BCUT2D eigenvalue weighted by Crippen LogP contribution is -2.24. The van der Waals surface area contributed by atoms with Crippen molar-refractivity contribution in [3.8, 4) is 0 Å². The highest BCUT2D eigenvalue weighted by molar-refractivity contribution is 6.68. The van der Waals surface area contributed by atoms with Crippen LogP contribution in [0, 0.1) is 5.41 Å². The van der Waals surface area contributed by atoms with Gasteiger partial charge in [-0.3, -0.25) is 14.4 Å². The second-order valence-electron chi connectivity index (χ2n) is 3.17. The number of carbonyl (C=O) groups excluding carboxylic acids is 3. The van der Waals surface area contributed by atoms with E-state index in [2.05, 4.69) is 0 Å². The quantitative estimate of drug-likeness (QED) is 0.517. The van der Waals surface area contributed by atoms with Gasteiger partial charge in [0, 0.05) is 11.8 Å². The lowest BCUT2D eigenvalue weighted by Gasteiger charge is -2.15. The second-order valence-corrected chi connectivity index (χ2v) is 3.17. The van der Waals surface area contributed by atoms with Gasteiger partial charge in [0.25, 0.3) is 5.78 Å². The molecule has 1 atom stereocenters. The summed E-state index contributed by atoms with van der Waals surface area (Å²) in [7, 11) is 0. The third-order valence-electron chi connectivity index (χ3n) is 2.34. The third-order valence-corrected chi connectivity index (χ3v) is 2.34. The molecule has 1 rings (SSSR count). The molecule has 3 heteroatoms. The average Bonchev–Trinajstić information content (AvgIpc) is 2.17. The SMILES string of the molecule is CCC1(C)CC(=O)C(=O)C1=O. The predicted octanol–water partition coefficient (Wildman–Crippen LogP) is 0.514. The van der Waals surface area contributed by atoms with Crippen LogP contribution in [0.4, 0.5) is 0 Å². The lowest BCUT2D eigenvalue weighted by atomic mass is 9.85. The molecule has 0 saturated heterocycles. The summed E-state index contributed by atoms with van der Waals surface area (Å²) >= 11 is 0. The molecule has 3 nitrogen and oxygen atoms in total. The Bertz CT molecular complexity index is 242. The summed E-state index contributed by atoms with van der Waals surface area (Å²) in [5, 5.41) is 0. The van der Waals surface area contributed by atoms with Crippen molar-refractivity contribution in [1.82, 2.24) is 0 Å². The highest BCUT2D eigenvalue weighted by Crippen LogP contribution is 2.33. The van der Waals surface area contributed by atoms with Gasteiger partial charge in [-0.25, -0.2) is 0 Å². The summed E-state index contributed by atoms with van der Waals surface area (Å²) in [6, 6.07) is 0. The van der Waals surface area contributed by atoms with Gasteiger partial charge >= 0.3 is 0 Å². The highest BCUT2D eigenvalue weighted by Gasteiger charge is 2.47. The monoisotopic (exact) mass is 154 g/mol. The van der Waals surface area contributed by atoms with E-state index in [1.54, 1.807) is 6.92 Å². The van der Waals surface area contributed by atoms with Crippen LogP contribution in [0.5, 0.6) is 0 Å². The summed E-state index contributed by atoms with van der Waals surface area (Å²) in [6.07, 6.45) is 0.657. The third kappa shape index (κ3) is 1.00. The van der Waals surface area contributed by atoms with Crippen molar-refractivity contribution in [3.63, 3.8) is 0 Å². The zero-order chi connectivity index (χ0) is 8.65. The zero-order valence-electron chi connectivity index (χ0n) is 6.64. The van der Waals surface area contributed by atoms with E-state index in [1.165, 1.54) is 0 Å². The molecule has 60 valence electrons. The van der Waals surface area contributed by atoms with Gasteiger partial charge in [0.15, 0.2) is 0 Å². The van der Waals surface area contributed by atoms with Gasteiger partial charge in [0.1, 0.15) is 0 Å². The molecule has 1 aliphatic carbocycles. The maximum absolute atomic E-state index is 11.1. The minimum atomic E-state index is -0.811. The van der Waals surface area contributed by atoms with E-state index >= 15 is 0 Å². The largest absolute Gasteiger partial charge is 0.290 e. The van der Waals surface area contributed by atoms with Crippen molar-refractivity contribution in [2.45, 2.75) is 26.7 Å². The van der Waals surface area contributed by atoms with Crippen molar-refractivity contribution in [1.29, 1.82) is 0 Å². The lowest BCUT2D eigenvalue weighted by molar-refractivity contribution is -0.141.